The lowest BCUT2D eigenvalue weighted by Crippen LogP contribution is -2.17. The Morgan fingerprint density at radius 2 is 2.00 bits per heavy atom. The number of benzene rings is 1. The smallest absolute Gasteiger partial charge is 0.0480 e. The van der Waals surface area contributed by atoms with E-state index in [-0.39, 0.29) is 0 Å². The highest BCUT2D eigenvalue weighted by Crippen LogP contribution is 2.15. The largest absolute Gasteiger partial charge is 0.385 e. The molecule has 1 N–H and O–H groups in total. The zero-order valence-corrected chi connectivity index (χ0v) is 8.29. The second kappa shape index (κ2) is 5.73. The Hall–Kier alpha value is -0.860. The molecule has 0 bridgehead atoms. The highest BCUT2D eigenvalue weighted by Gasteiger charge is 2.06. The van der Waals surface area contributed by atoms with Crippen molar-refractivity contribution < 1.29 is 4.74 Å². The van der Waals surface area contributed by atoms with Crippen molar-refractivity contribution in [3.8, 4) is 0 Å². The predicted octanol–water partition coefficient (Wildman–Crippen LogP) is 1.98. The molecule has 72 valence electrons. The average Bonchev–Trinajstić information content (AvgIpc) is 2.21. The summed E-state index contributed by atoms with van der Waals surface area (Å²) in [5.74, 6) is 0. The van der Waals surface area contributed by atoms with E-state index in [1.165, 1.54) is 5.56 Å². The molecular weight excluding hydrogens is 162 g/mol. The van der Waals surface area contributed by atoms with Crippen molar-refractivity contribution in [2.45, 2.75) is 12.5 Å². The van der Waals surface area contributed by atoms with Crippen molar-refractivity contribution in [2.75, 3.05) is 20.8 Å². The highest BCUT2D eigenvalue weighted by atomic mass is 16.5. The summed E-state index contributed by atoms with van der Waals surface area (Å²) in [6.07, 6.45) is 1.01. The predicted molar refractivity (Wildman–Crippen MR) is 54.7 cm³/mol. The molecule has 2 heteroatoms. The molecule has 2 nitrogen and oxygen atoms in total. The molecule has 1 rings (SSSR count). The minimum absolute atomic E-state index is 0.404. The second-order valence-electron chi connectivity index (χ2n) is 3.03. The van der Waals surface area contributed by atoms with Crippen LogP contribution in [0.4, 0.5) is 0 Å². The number of methoxy groups -OCH3 is 1. The fraction of sp³-hybridized carbons (Fsp3) is 0.455. The summed E-state index contributed by atoms with van der Waals surface area (Å²) in [4.78, 5) is 0. The van der Waals surface area contributed by atoms with E-state index in [9.17, 15) is 0 Å². The molecule has 1 aromatic carbocycles. The minimum atomic E-state index is 0.404. The molecule has 0 amide bonds. The van der Waals surface area contributed by atoms with Crippen molar-refractivity contribution in [2.24, 2.45) is 0 Å². The normalized spacial score (nSPS) is 12.8. The van der Waals surface area contributed by atoms with Crippen LogP contribution in [-0.2, 0) is 4.74 Å². The van der Waals surface area contributed by atoms with Gasteiger partial charge in [-0.15, -0.1) is 0 Å². The summed E-state index contributed by atoms with van der Waals surface area (Å²) in [6, 6.07) is 10.8. The van der Waals surface area contributed by atoms with Crippen molar-refractivity contribution in [3.05, 3.63) is 35.9 Å². The summed E-state index contributed by atoms with van der Waals surface area (Å²) in [6.45, 7) is 0.792. The van der Waals surface area contributed by atoms with Crippen LogP contribution in [0.5, 0.6) is 0 Å². The molecule has 1 atom stereocenters. The molecule has 0 saturated heterocycles. The molecule has 0 saturated carbocycles. The van der Waals surface area contributed by atoms with Gasteiger partial charge in [0, 0.05) is 19.8 Å². The van der Waals surface area contributed by atoms with Crippen LogP contribution in [0.3, 0.4) is 0 Å². The van der Waals surface area contributed by atoms with Crippen LogP contribution in [0.25, 0.3) is 0 Å². The van der Waals surface area contributed by atoms with Crippen molar-refractivity contribution in [1.82, 2.24) is 5.32 Å². The van der Waals surface area contributed by atoms with E-state index in [1.807, 2.05) is 13.1 Å². The SMILES string of the molecule is CNC(CCOC)c1ccccc1. The molecule has 0 radical (unpaired) electrons. The molecule has 0 heterocycles. The Morgan fingerprint density at radius 1 is 1.31 bits per heavy atom. The van der Waals surface area contributed by atoms with Crippen LogP contribution >= 0.6 is 0 Å². The first-order valence-corrected chi connectivity index (χ1v) is 4.59. The lowest BCUT2D eigenvalue weighted by atomic mass is 10.0. The van der Waals surface area contributed by atoms with Crippen molar-refractivity contribution in [1.29, 1.82) is 0 Å². The van der Waals surface area contributed by atoms with E-state index >= 15 is 0 Å². The minimum Gasteiger partial charge on any atom is -0.385 e. The van der Waals surface area contributed by atoms with Crippen molar-refractivity contribution >= 4 is 0 Å². The van der Waals surface area contributed by atoms with Crippen LogP contribution in [0.15, 0.2) is 30.3 Å². The number of rotatable bonds is 5. The maximum absolute atomic E-state index is 5.06. The van der Waals surface area contributed by atoms with Crippen LogP contribution < -0.4 is 5.32 Å². The number of hydrogen-bond acceptors (Lipinski definition) is 2. The average molecular weight is 179 g/mol. The van der Waals surface area contributed by atoms with Gasteiger partial charge in [-0.2, -0.15) is 0 Å². The zero-order chi connectivity index (χ0) is 9.52. The van der Waals surface area contributed by atoms with Gasteiger partial charge in [0.1, 0.15) is 0 Å². The number of nitrogens with one attached hydrogen (secondary N) is 1. The molecule has 0 aliphatic rings. The first-order chi connectivity index (χ1) is 6.38. The van der Waals surface area contributed by atoms with Crippen LogP contribution in [0.1, 0.15) is 18.0 Å². The van der Waals surface area contributed by atoms with Gasteiger partial charge in [-0.25, -0.2) is 0 Å². The molecule has 1 aromatic rings. The third kappa shape index (κ3) is 3.17. The van der Waals surface area contributed by atoms with Gasteiger partial charge in [0.2, 0.25) is 0 Å². The first kappa shape index (κ1) is 10.2. The lowest BCUT2D eigenvalue weighted by molar-refractivity contribution is 0.184. The molecule has 0 aromatic heterocycles. The lowest BCUT2D eigenvalue weighted by Gasteiger charge is -2.15. The van der Waals surface area contributed by atoms with Gasteiger partial charge in [0.05, 0.1) is 0 Å². The fourth-order valence-electron chi connectivity index (χ4n) is 1.40. The highest BCUT2D eigenvalue weighted by molar-refractivity contribution is 5.18. The van der Waals surface area contributed by atoms with Gasteiger partial charge in [0.25, 0.3) is 0 Å². The Morgan fingerprint density at radius 3 is 2.54 bits per heavy atom. The fourth-order valence-corrected chi connectivity index (χ4v) is 1.40. The van der Waals surface area contributed by atoms with Gasteiger partial charge in [-0.1, -0.05) is 30.3 Å². The van der Waals surface area contributed by atoms with E-state index in [2.05, 4.69) is 29.6 Å². The molecule has 1 unspecified atom stereocenters. The van der Waals surface area contributed by atoms with Gasteiger partial charge in [-0.3, -0.25) is 0 Å². The Bertz CT molecular complexity index is 223. The topological polar surface area (TPSA) is 21.3 Å². The molecule has 0 aliphatic carbocycles. The monoisotopic (exact) mass is 179 g/mol. The third-order valence-electron chi connectivity index (χ3n) is 2.16. The standard InChI is InChI=1S/C11H17NO/c1-12-11(8-9-13-2)10-6-4-3-5-7-10/h3-7,11-12H,8-9H2,1-2H3. The molecular formula is C11H17NO. The van der Waals surface area contributed by atoms with Gasteiger partial charge in [0.15, 0.2) is 0 Å². The van der Waals surface area contributed by atoms with E-state index in [0.29, 0.717) is 6.04 Å². The molecule has 0 spiro atoms. The Labute approximate surface area is 79.9 Å². The maximum atomic E-state index is 5.06. The summed E-state index contributed by atoms with van der Waals surface area (Å²) < 4.78 is 5.06. The quantitative estimate of drug-likeness (QED) is 0.746. The van der Waals surface area contributed by atoms with Gasteiger partial charge in [-0.05, 0) is 19.0 Å². The number of ether oxygens (including phenoxy) is 1. The van der Waals surface area contributed by atoms with Crippen LogP contribution in [0.2, 0.25) is 0 Å². The van der Waals surface area contributed by atoms with E-state index < -0.39 is 0 Å². The van der Waals surface area contributed by atoms with E-state index in [4.69, 9.17) is 4.74 Å². The molecule has 0 fully saturated rings. The van der Waals surface area contributed by atoms with E-state index in [0.717, 1.165) is 13.0 Å². The number of hydrogen-bond donors (Lipinski definition) is 1. The summed E-state index contributed by atoms with van der Waals surface area (Å²) >= 11 is 0. The maximum Gasteiger partial charge on any atom is 0.0480 e. The van der Waals surface area contributed by atoms with Gasteiger partial charge < -0.3 is 10.1 Å². The molecule has 13 heavy (non-hydrogen) atoms. The summed E-state index contributed by atoms with van der Waals surface area (Å²) in [5.41, 5.74) is 1.32. The third-order valence-corrected chi connectivity index (χ3v) is 2.16. The van der Waals surface area contributed by atoms with E-state index in [1.54, 1.807) is 7.11 Å². The second-order valence-corrected chi connectivity index (χ2v) is 3.03. The van der Waals surface area contributed by atoms with Crippen LogP contribution in [-0.4, -0.2) is 20.8 Å². The summed E-state index contributed by atoms with van der Waals surface area (Å²) in [5, 5.41) is 3.27. The van der Waals surface area contributed by atoms with Gasteiger partial charge >= 0.3 is 0 Å². The molecule has 0 aliphatic heterocycles. The first-order valence-electron chi connectivity index (χ1n) is 4.59. The summed E-state index contributed by atoms with van der Waals surface area (Å²) in [7, 11) is 3.71. The van der Waals surface area contributed by atoms with Crippen LogP contribution in [0, 0.1) is 0 Å². The van der Waals surface area contributed by atoms with Crippen molar-refractivity contribution in [3.63, 3.8) is 0 Å². The zero-order valence-electron chi connectivity index (χ0n) is 8.29. The Balaban J connectivity index is 2.56. The Kier molecular flexibility index (Phi) is 4.50.